The SMILES string of the molecule is CC1CCC(CCCC2CCCO2)CN1. The Morgan fingerprint density at radius 2 is 2.13 bits per heavy atom. The quantitative estimate of drug-likeness (QED) is 0.772. The van der Waals surface area contributed by atoms with Gasteiger partial charge in [-0.3, -0.25) is 0 Å². The van der Waals surface area contributed by atoms with E-state index in [4.69, 9.17) is 4.74 Å². The normalized spacial score (nSPS) is 37.0. The summed E-state index contributed by atoms with van der Waals surface area (Å²) in [7, 11) is 0. The highest BCUT2D eigenvalue weighted by Crippen LogP contribution is 2.23. The second kappa shape index (κ2) is 5.86. The third-order valence-electron chi connectivity index (χ3n) is 3.93. The highest BCUT2D eigenvalue weighted by molar-refractivity contribution is 4.75. The highest BCUT2D eigenvalue weighted by atomic mass is 16.5. The number of rotatable bonds is 4. The van der Waals surface area contributed by atoms with E-state index in [0.29, 0.717) is 6.10 Å². The zero-order valence-corrected chi connectivity index (χ0v) is 10.0. The molecule has 2 aliphatic heterocycles. The van der Waals surface area contributed by atoms with Crippen LogP contribution in [0.2, 0.25) is 0 Å². The van der Waals surface area contributed by atoms with E-state index in [-0.39, 0.29) is 0 Å². The van der Waals surface area contributed by atoms with Crippen molar-refractivity contribution >= 4 is 0 Å². The van der Waals surface area contributed by atoms with Gasteiger partial charge in [0.15, 0.2) is 0 Å². The van der Waals surface area contributed by atoms with E-state index in [2.05, 4.69) is 12.2 Å². The Morgan fingerprint density at radius 1 is 1.20 bits per heavy atom. The molecule has 2 heteroatoms. The summed E-state index contributed by atoms with van der Waals surface area (Å²) in [5.41, 5.74) is 0. The standard InChI is InChI=1S/C13H25NO/c1-11-7-8-12(10-14-11)4-2-5-13-6-3-9-15-13/h11-14H,2-10H2,1H3. The van der Waals surface area contributed by atoms with Gasteiger partial charge in [0.1, 0.15) is 0 Å². The lowest BCUT2D eigenvalue weighted by atomic mass is 9.90. The largest absolute Gasteiger partial charge is 0.378 e. The molecule has 1 N–H and O–H groups in total. The van der Waals surface area contributed by atoms with Gasteiger partial charge in [0.2, 0.25) is 0 Å². The molecule has 0 aliphatic carbocycles. The van der Waals surface area contributed by atoms with Crippen molar-refractivity contribution in [2.45, 2.75) is 64.0 Å². The van der Waals surface area contributed by atoms with Gasteiger partial charge in [-0.1, -0.05) is 6.42 Å². The minimum Gasteiger partial charge on any atom is -0.378 e. The van der Waals surface area contributed by atoms with Crippen molar-refractivity contribution < 1.29 is 4.74 Å². The van der Waals surface area contributed by atoms with E-state index in [9.17, 15) is 0 Å². The first-order chi connectivity index (χ1) is 7.34. The number of hydrogen-bond donors (Lipinski definition) is 1. The molecule has 88 valence electrons. The lowest BCUT2D eigenvalue weighted by molar-refractivity contribution is 0.1000. The van der Waals surface area contributed by atoms with Crippen LogP contribution in [0.1, 0.15) is 51.9 Å². The van der Waals surface area contributed by atoms with Gasteiger partial charge in [0.05, 0.1) is 6.10 Å². The molecule has 3 unspecified atom stereocenters. The second-order valence-corrected chi connectivity index (χ2v) is 5.32. The minimum atomic E-state index is 0.598. The van der Waals surface area contributed by atoms with Crippen molar-refractivity contribution in [3.05, 3.63) is 0 Å². The van der Waals surface area contributed by atoms with Crippen LogP contribution in [0, 0.1) is 5.92 Å². The summed E-state index contributed by atoms with van der Waals surface area (Å²) in [6.07, 6.45) is 10.1. The molecule has 0 saturated carbocycles. The fraction of sp³-hybridized carbons (Fsp3) is 1.00. The molecule has 0 aromatic carbocycles. The maximum atomic E-state index is 5.64. The van der Waals surface area contributed by atoms with Crippen molar-refractivity contribution in [2.75, 3.05) is 13.2 Å². The van der Waals surface area contributed by atoms with Crippen LogP contribution in [0.5, 0.6) is 0 Å². The summed E-state index contributed by atoms with van der Waals surface area (Å²) < 4.78 is 5.64. The molecule has 0 bridgehead atoms. The van der Waals surface area contributed by atoms with E-state index < -0.39 is 0 Å². The van der Waals surface area contributed by atoms with Gasteiger partial charge in [0, 0.05) is 12.6 Å². The molecule has 2 heterocycles. The van der Waals surface area contributed by atoms with Gasteiger partial charge >= 0.3 is 0 Å². The van der Waals surface area contributed by atoms with Gasteiger partial charge in [0.25, 0.3) is 0 Å². The Kier molecular flexibility index (Phi) is 4.45. The number of nitrogens with one attached hydrogen (secondary N) is 1. The average molecular weight is 211 g/mol. The van der Waals surface area contributed by atoms with Gasteiger partial charge in [-0.25, -0.2) is 0 Å². The second-order valence-electron chi connectivity index (χ2n) is 5.32. The fourth-order valence-electron chi connectivity index (χ4n) is 2.81. The molecule has 0 radical (unpaired) electrons. The van der Waals surface area contributed by atoms with Crippen molar-refractivity contribution in [2.24, 2.45) is 5.92 Å². The zero-order valence-electron chi connectivity index (χ0n) is 10.0. The molecule has 2 nitrogen and oxygen atoms in total. The molecular weight excluding hydrogens is 186 g/mol. The number of hydrogen-bond acceptors (Lipinski definition) is 2. The molecule has 2 rings (SSSR count). The molecular formula is C13H25NO. The van der Waals surface area contributed by atoms with Crippen molar-refractivity contribution in [3.8, 4) is 0 Å². The first-order valence-corrected chi connectivity index (χ1v) is 6.69. The zero-order chi connectivity index (χ0) is 10.5. The van der Waals surface area contributed by atoms with E-state index >= 15 is 0 Å². The third-order valence-corrected chi connectivity index (χ3v) is 3.93. The first kappa shape index (κ1) is 11.4. The van der Waals surface area contributed by atoms with E-state index in [0.717, 1.165) is 18.6 Å². The maximum absolute atomic E-state index is 5.64. The van der Waals surface area contributed by atoms with E-state index in [1.54, 1.807) is 0 Å². The lowest BCUT2D eigenvalue weighted by Crippen LogP contribution is -2.36. The third kappa shape index (κ3) is 3.76. The van der Waals surface area contributed by atoms with Crippen LogP contribution in [0.4, 0.5) is 0 Å². The Balaban J connectivity index is 1.53. The topological polar surface area (TPSA) is 21.3 Å². The monoisotopic (exact) mass is 211 g/mol. The first-order valence-electron chi connectivity index (χ1n) is 6.69. The van der Waals surface area contributed by atoms with Crippen LogP contribution in [0.15, 0.2) is 0 Å². The smallest absolute Gasteiger partial charge is 0.0576 e. The summed E-state index contributed by atoms with van der Waals surface area (Å²) in [4.78, 5) is 0. The van der Waals surface area contributed by atoms with Gasteiger partial charge in [-0.05, 0) is 57.9 Å². The van der Waals surface area contributed by atoms with Crippen LogP contribution < -0.4 is 5.32 Å². The van der Waals surface area contributed by atoms with Crippen molar-refractivity contribution in [3.63, 3.8) is 0 Å². The maximum Gasteiger partial charge on any atom is 0.0576 e. The molecule has 0 amide bonds. The summed E-state index contributed by atoms with van der Waals surface area (Å²) in [6.45, 7) is 4.54. The Labute approximate surface area is 93.8 Å². The summed E-state index contributed by atoms with van der Waals surface area (Å²) >= 11 is 0. The molecule has 2 saturated heterocycles. The van der Waals surface area contributed by atoms with Crippen LogP contribution in [-0.2, 0) is 4.74 Å². The average Bonchev–Trinajstić information content (AvgIpc) is 2.74. The van der Waals surface area contributed by atoms with Gasteiger partial charge in [-0.2, -0.15) is 0 Å². The number of ether oxygens (including phenoxy) is 1. The summed E-state index contributed by atoms with van der Waals surface area (Å²) in [6, 6.07) is 0.749. The van der Waals surface area contributed by atoms with Gasteiger partial charge < -0.3 is 10.1 Å². The predicted molar refractivity (Wildman–Crippen MR) is 63.0 cm³/mol. The van der Waals surface area contributed by atoms with Crippen LogP contribution in [0.25, 0.3) is 0 Å². The summed E-state index contributed by atoms with van der Waals surface area (Å²) in [5.74, 6) is 0.933. The Bertz CT molecular complexity index is 169. The minimum absolute atomic E-state index is 0.598. The van der Waals surface area contributed by atoms with Crippen LogP contribution >= 0.6 is 0 Å². The Morgan fingerprint density at radius 3 is 2.80 bits per heavy atom. The molecule has 0 aromatic rings. The number of piperidine rings is 1. The van der Waals surface area contributed by atoms with Crippen LogP contribution in [0.3, 0.4) is 0 Å². The van der Waals surface area contributed by atoms with Gasteiger partial charge in [-0.15, -0.1) is 0 Å². The lowest BCUT2D eigenvalue weighted by Gasteiger charge is -2.27. The molecule has 2 fully saturated rings. The highest BCUT2D eigenvalue weighted by Gasteiger charge is 2.19. The summed E-state index contributed by atoms with van der Waals surface area (Å²) in [5, 5.41) is 3.58. The van der Waals surface area contributed by atoms with Crippen molar-refractivity contribution in [1.29, 1.82) is 0 Å². The molecule has 2 aliphatic rings. The molecule has 15 heavy (non-hydrogen) atoms. The molecule has 0 spiro atoms. The van der Waals surface area contributed by atoms with Crippen molar-refractivity contribution in [1.82, 2.24) is 5.32 Å². The molecule has 0 aromatic heterocycles. The fourth-order valence-corrected chi connectivity index (χ4v) is 2.81. The predicted octanol–water partition coefficient (Wildman–Crippen LogP) is 2.72. The van der Waals surface area contributed by atoms with Crippen LogP contribution in [-0.4, -0.2) is 25.3 Å². The Hall–Kier alpha value is -0.0800. The van der Waals surface area contributed by atoms with E-state index in [1.165, 1.54) is 51.5 Å². The molecule has 3 atom stereocenters. The van der Waals surface area contributed by atoms with E-state index in [1.807, 2.05) is 0 Å².